The fourth-order valence-electron chi connectivity index (χ4n) is 3.50. The fourth-order valence-corrected chi connectivity index (χ4v) is 3.50. The van der Waals surface area contributed by atoms with Crippen LogP contribution < -0.4 is 10.6 Å². The van der Waals surface area contributed by atoms with Crippen molar-refractivity contribution in [3.8, 4) is 11.1 Å². The Kier molecular flexibility index (Phi) is 7.52. The average molecular weight is 476 g/mol. The van der Waals surface area contributed by atoms with Gasteiger partial charge in [-0.25, -0.2) is 13.6 Å². The maximum absolute atomic E-state index is 13.9. The van der Waals surface area contributed by atoms with Crippen LogP contribution in [-0.2, 0) is 24.4 Å². The number of carbonyl (C=O) groups excluding carboxylic acids is 2. The van der Waals surface area contributed by atoms with E-state index >= 15 is 0 Å². The van der Waals surface area contributed by atoms with Gasteiger partial charge in [-0.3, -0.25) is 4.79 Å². The second-order valence-corrected chi connectivity index (χ2v) is 7.65. The van der Waals surface area contributed by atoms with Crippen LogP contribution in [0.5, 0.6) is 0 Å². The van der Waals surface area contributed by atoms with Gasteiger partial charge in [-0.05, 0) is 28.8 Å². The predicted molar refractivity (Wildman–Crippen MR) is 125 cm³/mol. The number of rotatable bonds is 8. The molecule has 0 saturated carbocycles. The van der Waals surface area contributed by atoms with E-state index in [-0.39, 0.29) is 31.0 Å². The third-order valence-electron chi connectivity index (χ3n) is 5.27. The lowest BCUT2D eigenvalue weighted by Crippen LogP contribution is -2.24. The highest BCUT2D eigenvalue weighted by molar-refractivity contribution is 5.98. The van der Waals surface area contributed by atoms with Crippen molar-refractivity contribution < 1.29 is 27.5 Å². The van der Waals surface area contributed by atoms with Crippen molar-refractivity contribution in [1.82, 2.24) is 10.6 Å². The molecule has 35 heavy (non-hydrogen) atoms. The van der Waals surface area contributed by atoms with Gasteiger partial charge in [0.1, 0.15) is 18.2 Å². The molecule has 0 aliphatic rings. The molecule has 0 aliphatic carbocycles. The minimum Gasteiger partial charge on any atom is -0.459 e. The van der Waals surface area contributed by atoms with E-state index in [0.717, 1.165) is 23.3 Å². The van der Waals surface area contributed by atoms with Crippen LogP contribution in [0.1, 0.15) is 27.2 Å². The van der Waals surface area contributed by atoms with Crippen molar-refractivity contribution in [3.63, 3.8) is 0 Å². The van der Waals surface area contributed by atoms with Gasteiger partial charge in [0.2, 0.25) is 0 Å². The van der Waals surface area contributed by atoms with Crippen LogP contribution in [0.3, 0.4) is 0 Å². The Morgan fingerprint density at radius 3 is 2.34 bits per heavy atom. The molecule has 6 nitrogen and oxygen atoms in total. The maximum Gasteiger partial charge on any atom is 0.407 e. The van der Waals surface area contributed by atoms with Crippen LogP contribution in [0, 0.1) is 11.6 Å². The minimum absolute atomic E-state index is 0.0339. The van der Waals surface area contributed by atoms with Crippen molar-refractivity contribution >= 4 is 12.0 Å². The van der Waals surface area contributed by atoms with Crippen LogP contribution in [0.15, 0.2) is 89.5 Å². The van der Waals surface area contributed by atoms with Crippen LogP contribution in [0.25, 0.3) is 11.1 Å². The van der Waals surface area contributed by atoms with E-state index in [1.807, 2.05) is 42.5 Å². The van der Waals surface area contributed by atoms with Gasteiger partial charge >= 0.3 is 6.09 Å². The molecule has 0 unspecified atom stereocenters. The number of halogens is 2. The summed E-state index contributed by atoms with van der Waals surface area (Å²) in [7, 11) is 0. The molecule has 4 rings (SSSR count). The van der Waals surface area contributed by atoms with Gasteiger partial charge in [-0.1, -0.05) is 60.7 Å². The molecule has 2 amide bonds. The molecular formula is C27H22F2N2O4. The monoisotopic (exact) mass is 476 g/mol. The number of amides is 2. The molecule has 0 spiro atoms. The van der Waals surface area contributed by atoms with Crippen LogP contribution in [-0.4, -0.2) is 12.0 Å². The van der Waals surface area contributed by atoms with Gasteiger partial charge in [0.05, 0.1) is 6.26 Å². The van der Waals surface area contributed by atoms with E-state index in [4.69, 9.17) is 9.15 Å². The summed E-state index contributed by atoms with van der Waals surface area (Å²) in [6.07, 6.45) is 0.802. The van der Waals surface area contributed by atoms with Gasteiger partial charge in [-0.2, -0.15) is 0 Å². The molecule has 0 atom stereocenters. The molecule has 0 saturated heterocycles. The number of hydrogen-bond donors (Lipinski definition) is 2. The second kappa shape index (κ2) is 11.1. The Morgan fingerprint density at radius 1 is 0.800 bits per heavy atom. The summed E-state index contributed by atoms with van der Waals surface area (Å²) in [6.45, 7) is 0.174. The Labute approximate surface area is 200 Å². The first kappa shape index (κ1) is 23.7. The SMILES string of the molecule is O=C(NCc1ccccc1-c1ccoc1C(=O)NCc1ccc(F)cc1F)OCc1ccccc1. The second-order valence-electron chi connectivity index (χ2n) is 7.65. The Morgan fingerprint density at radius 2 is 1.54 bits per heavy atom. The summed E-state index contributed by atoms with van der Waals surface area (Å²) >= 11 is 0. The summed E-state index contributed by atoms with van der Waals surface area (Å²) in [5, 5.41) is 5.30. The van der Waals surface area contributed by atoms with E-state index in [0.29, 0.717) is 11.1 Å². The molecule has 0 aliphatic heterocycles. The Bertz CT molecular complexity index is 1320. The highest BCUT2D eigenvalue weighted by atomic mass is 19.1. The molecule has 0 fully saturated rings. The van der Waals surface area contributed by atoms with Crippen LogP contribution in [0.4, 0.5) is 13.6 Å². The number of hydrogen-bond acceptors (Lipinski definition) is 4. The Hall–Kier alpha value is -4.46. The first-order chi connectivity index (χ1) is 17.0. The molecular weight excluding hydrogens is 454 g/mol. The van der Waals surface area contributed by atoms with Crippen molar-refractivity contribution in [2.45, 2.75) is 19.7 Å². The van der Waals surface area contributed by atoms with Gasteiger partial charge in [0, 0.05) is 30.3 Å². The molecule has 8 heteroatoms. The average Bonchev–Trinajstić information content (AvgIpc) is 3.36. The third-order valence-corrected chi connectivity index (χ3v) is 5.27. The molecule has 4 aromatic rings. The van der Waals surface area contributed by atoms with Gasteiger partial charge in [0.15, 0.2) is 5.76 Å². The van der Waals surface area contributed by atoms with Crippen molar-refractivity contribution in [2.24, 2.45) is 0 Å². The molecule has 1 aromatic heterocycles. The molecule has 2 N–H and O–H groups in total. The largest absolute Gasteiger partial charge is 0.459 e. The lowest BCUT2D eigenvalue weighted by Gasteiger charge is -2.12. The predicted octanol–water partition coefficient (Wildman–Crippen LogP) is 5.58. The van der Waals surface area contributed by atoms with E-state index in [2.05, 4.69) is 10.6 Å². The molecule has 1 heterocycles. The summed E-state index contributed by atoms with van der Waals surface area (Å²) in [5.41, 5.74) is 2.95. The summed E-state index contributed by atoms with van der Waals surface area (Å²) in [6, 6.07) is 21.3. The van der Waals surface area contributed by atoms with Crippen LogP contribution >= 0.6 is 0 Å². The fraction of sp³-hybridized carbons (Fsp3) is 0.111. The normalized spacial score (nSPS) is 10.6. The lowest BCUT2D eigenvalue weighted by molar-refractivity contribution is 0.0923. The minimum atomic E-state index is -0.750. The lowest BCUT2D eigenvalue weighted by atomic mass is 9.99. The number of benzene rings is 3. The zero-order valence-electron chi connectivity index (χ0n) is 18.6. The summed E-state index contributed by atoms with van der Waals surface area (Å²) < 4.78 is 37.6. The van der Waals surface area contributed by atoms with E-state index in [1.165, 1.54) is 12.3 Å². The number of carbonyl (C=O) groups is 2. The maximum atomic E-state index is 13.9. The van der Waals surface area contributed by atoms with Crippen molar-refractivity contribution in [2.75, 3.05) is 0 Å². The smallest absolute Gasteiger partial charge is 0.407 e. The topological polar surface area (TPSA) is 80.6 Å². The number of furan rings is 1. The zero-order chi connectivity index (χ0) is 24.6. The van der Waals surface area contributed by atoms with Gasteiger partial charge in [-0.15, -0.1) is 0 Å². The zero-order valence-corrected chi connectivity index (χ0v) is 18.6. The van der Waals surface area contributed by atoms with Crippen LogP contribution in [0.2, 0.25) is 0 Å². The van der Waals surface area contributed by atoms with E-state index in [9.17, 15) is 18.4 Å². The number of alkyl carbamates (subject to hydrolysis) is 1. The highest BCUT2D eigenvalue weighted by Gasteiger charge is 2.19. The number of ether oxygens (including phenoxy) is 1. The molecule has 0 radical (unpaired) electrons. The first-order valence-corrected chi connectivity index (χ1v) is 10.8. The third kappa shape index (κ3) is 6.11. The Balaban J connectivity index is 1.41. The van der Waals surface area contributed by atoms with E-state index in [1.54, 1.807) is 18.2 Å². The molecule has 3 aromatic carbocycles. The highest BCUT2D eigenvalue weighted by Crippen LogP contribution is 2.28. The van der Waals surface area contributed by atoms with Gasteiger partial charge < -0.3 is 19.8 Å². The summed E-state index contributed by atoms with van der Waals surface area (Å²) in [5.74, 6) is -1.97. The molecule has 0 bridgehead atoms. The molecule has 178 valence electrons. The van der Waals surface area contributed by atoms with Crippen molar-refractivity contribution in [1.29, 1.82) is 0 Å². The number of nitrogens with one attached hydrogen (secondary N) is 2. The first-order valence-electron chi connectivity index (χ1n) is 10.8. The van der Waals surface area contributed by atoms with Gasteiger partial charge in [0.25, 0.3) is 5.91 Å². The van der Waals surface area contributed by atoms with E-state index < -0.39 is 23.6 Å². The quantitative estimate of drug-likeness (QED) is 0.348. The standard InChI is InChI=1S/C27H22F2N2O4/c28-21-11-10-20(24(29)14-21)16-30-26(32)25-23(12-13-34-25)22-9-5-4-8-19(22)15-31-27(33)35-17-18-6-2-1-3-7-18/h1-14H,15-17H2,(H,30,32)(H,31,33). The summed E-state index contributed by atoms with van der Waals surface area (Å²) in [4.78, 5) is 24.9. The van der Waals surface area contributed by atoms with Crippen molar-refractivity contribution in [3.05, 3.63) is 119 Å².